The maximum absolute atomic E-state index is 11.4. The van der Waals surface area contributed by atoms with Gasteiger partial charge in [0.05, 0.1) is 4.92 Å². The van der Waals surface area contributed by atoms with Crippen molar-refractivity contribution in [2.75, 3.05) is 18.9 Å². The number of nitro benzene ring substituents is 1. The molecule has 19 heavy (non-hydrogen) atoms. The molecule has 2 rings (SSSR count). The van der Waals surface area contributed by atoms with Gasteiger partial charge in [-0.3, -0.25) is 14.9 Å². The summed E-state index contributed by atoms with van der Waals surface area (Å²) in [6.07, 6.45) is 1.11. The Balaban J connectivity index is 2.18. The summed E-state index contributed by atoms with van der Waals surface area (Å²) in [7, 11) is 1.72. The van der Waals surface area contributed by atoms with Crippen LogP contribution in [0.1, 0.15) is 12.8 Å². The highest BCUT2D eigenvalue weighted by atomic mass is 35.5. The third-order valence-electron chi connectivity index (χ3n) is 3.16. The predicted octanol–water partition coefficient (Wildman–Crippen LogP) is 2.28. The molecule has 1 saturated heterocycles. The minimum Gasteiger partial charge on any atom is -0.375 e. The number of nitrogens with zero attached hydrogens (tertiary/aromatic N) is 2. The van der Waals surface area contributed by atoms with E-state index in [0.29, 0.717) is 25.1 Å². The number of anilines is 1. The maximum Gasteiger partial charge on any atom is 0.310 e. The molecule has 1 N–H and O–H groups in total. The van der Waals surface area contributed by atoms with Gasteiger partial charge in [-0.25, -0.2) is 0 Å². The van der Waals surface area contributed by atoms with Gasteiger partial charge in [0.15, 0.2) is 0 Å². The number of rotatable bonds is 3. The Morgan fingerprint density at radius 1 is 1.53 bits per heavy atom. The van der Waals surface area contributed by atoms with Crippen LogP contribution in [-0.4, -0.2) is 35.4 Å². The molecule has 1 fully saturated rings. The molecule has 1 aliphatic heterocycles. The molecule has 1 aromatic carbocycles. The van der Waals surface area contributed by atoms with Crippen molar-refractivity contribution in [1.82, 2.24) is 4.90 Å². The SMILES string of the molecule is CN1CC(Nc2cccc(Cl)c2[N+](=O)[O-])CCC1=O. The van der Waals surface area contributed by atoms with Crippen molar-refractivity contribution in [1.29, 1.82) is 0 Å². The molecule has 6 nitrogen and oxygen atoms in total. The number of nitrogens with one attached hydrogen (secondary N) is 1. The van der Waals surface area contributed by atoms with E-state index in [4.69, 9.17) is 11.6 Å². The summed E-state index contributed by atoms with van der Waals surface area (Å²) in [6, 6.07) is 4.77. The number of para-hydroxylation sites is 1. The van der Waals surface area contributed by atoms with Crippen molar-refractivity contribution < 1.29 is 9.72 Å². The van der Waals surface area contributed by atoms with Crippen LogP contribution in [0, 0.1) is 10.1 Å². The maximum atomic E-state index is 11.4. The fraction of sp³-hybridized carbons (Fsp3) is 0.417. The van der Waals surface area contributed by atoms with Crippen LogP contribution in [-0.2, 0) is 4.79 Å². The molecular weight excluding hydrogens is 270 g/mol. The largest absolute Gasteiger partial charge is 0.375 e. The van der Waals surface area contributed by atoms with Crippen LogP contribution < -0.4 is 5.32 Å². The monoisotopic (exact) mass is 283 g/mol. The van der Waals surface area contributed by atoms with E-state index >= 15 is 0 Å². The first kappa shape index (κ1) is 13.6. The normalized spacial score (nSPS) is 19.4. The second kappa shape index (κ2) is 5.44. The lowest BCUT2D eigenvalue weighted by molar-refractivity contribution is -0.383. The average molecular weight is 284 g/mol. The molecular formula is C12H14ClN3O3. The van der Waals surface area contributed by atoms with Gasteiger partial charge >= 0.3 is 5.69 Å². The van der Waals surface area contributed by atoms with Gasteiger partial charge in [-0.1, -0.05) is 17.7 Å². The number of hydrogen-bond donors (Lipinski definition) is 1. The van der Waals surface area contributed by atoms with E-state index in [-0.39, 0.29) is 22.7 Å². The lowest BCUT2D eigenvalue weighted by atomic mass is 10.1. The van der Waals surface area contributed by atoms with Gasteiger partial charge in [-0.15, -0.1) is 0 Å². The van der Waals surface area contributed by atoms with Crippen molar-refractivity contribution in [3.05, 3.63) is 33.3 Å². The van der Waals surface area contributed by atoms with Crippen LogP contribution >= 0.6 is 11.6 Å². The molecule has 0 aliphatic carbocycles. The summed E-state index contributed by atoms with van der Waals surface area (Å²) >= 11 is 5.85. The van der Waals surface area contributed by atoms with Crippen LogP contribution in [0.25, 0.3) is 0 Å². The Labute approximate surface area is 115 Å². The molecule has 0 aromatic heterocycles. The molecule has 7 heteroatoms. The minimum absolute atomic E-state index is 0.000123. The van der Waals surface area contributed by atoms with E-state index in [1.165, 1.54) is 6.07 Å². The first-order valence-electron chi connectivity index (χ1n) is 5.92. The summed E-state index contributed by atoms with van der Waals surface area (Å²) in [5.74, 6) is 0.0960. The quantitative estimate of drug-likeness (QED) is 0.682. The standard InChI is InChI=1S/C12H14ClN3O3/c1-15-7-8(5-6-11(15)17)14-10-4-2-3-9(13)12(10)16(18)19/h2-4,8,14H,5-7H2,1H3. The Hall–Kier alpha value is -1.82. The average Bonchev–Trinajstić information content (AvgIpc) is 2.33. The van der Waals surface area contributed by atoms with Gasteiger partial charge < -0.3 is 10.2 Å². The molecule has 0 saturated carbocycles. The van der Waals surface area contributed by atoms with E-state index in [1.807, 2.05) is 0 Å². The van der Waals surface area contributed by atoms with E-state index in [2.05, 4.69) is 5.32 Å². The second-order valence-electron chi connectivity index (χ2n) is 4.55. The third-order valence-corrected chi connectivity index (χ3v) is 3.46. The topological polar surface area (TPSA) is 75.5 Å². The molecule has 1 unspecified atom stereocenters. The zero-order valence-electron chi connectivity index (χ0n) is 10.4. The number of carbonyl (C=O) groups is 1. The molecule has 1 aliphatic rings. The summed E-state index contributed by atoms with van der Waals surface area (Å²) in [5, 5.41) is 14.2. The summed E-state index contributed by atoms with van der Waals surface area (Å²) in [4.78, 5) is 23.5. The molecule has 1 aromatic rings. The summed E-state index contributed by atoms with van der Waals surface area (Å²) in [5.41, 5.74) is 0.272. The highest BCUT2D eigenvalue weighted by Crippen LogP contribution is 2.33. The molecule has 1 atom stereocenters. The molecule has 1 heterocycles. The second-order valence-corrected chi connectivity index (χ2v) is 4.95. The van der Waals surface area contributed by atoms with Gasteiger partial charge in [0.25, 0.3) is 0 Å². The fourth-order valence-corrected chi connectivity index (χ4v) is 2.41. The van der Waals surface area contributed by atoms with Crippen LogP contribution in [0.3, 0.4) is 0 Å². The van der Waals surface area contributed by atoms with Gasteiger partial charge in [0.2, 0.25) is 5.91 Å². The van der Waals surface area contributed by atoms with Crippen molar-refractivity contribution in [2.24, 2.45) is 0 Å². The molecule has 0 radical (unpaired) electrons. The Bertz CT molecular complexity index is 521. The third kappa shape index (κ3) is 2.96. The number of piperidine rings is 1. The Kier molecular flexibility index (Phi) is 3.90. The number of amides is 1. The number of nitro groups is 1. The Morgan fingerprint density at radius 2 is 2.26 bits per heavy atom. The highest BCUT2D eigenvalue weighted by molar-refractivity contribution is 6.33. The first-order chi connectivity index (χ1) is 8.99. The van der Waals surface area contributed by atoms with Gasteiger partial charge in [-0.05, 0) is 18.6 Å². The van der Waals surface area contributed by atoms with Crippen molar-refractivity contribution >= 4 is 28.9 Å². The van der Waals surface area contributed by atoms with Crippen molar-refractivity contribution in [3.63, 3.8) is 0 Å². The predicted molar refractivity (Wildman–Crippen MR) is 72.4 cm³/mol. The number of likely N-dealkylation sites (N-methyl/N-ethyl adjacent to an activating group) is 1. The lowest BCUT2D eigenvalue weighted by Gasteiger charge is -2.30. The van der Waals surface area contributed by atoms with Gasteiger partial charge in [0.1, 0.15) is 10.7 Å². The van der Waals surface area contributed by atoms with E-state index in [9.17, 15) is 14.9 Å². The molecule has 0 bridgehead atoms. The van der Waals surface area contributed by atoms with E-state index in [1.54, 1.807) is 24.1 Å². The first-order valence-corrected chi connectivity index (χ1v) is 6.30. The summed E-state index contributed by atoms with van der Waals surface area (Å²) < 4.78 is 0. The molecule has 102 valence electrons. The van der Waals surface area contributed by atoms with Crippen molar-refractivity contribution in [3.8, 4) is 0 Å². The smallest absolute Gasteiger partial charge is 0.310 e. The van der Waals surface area contributed by atoms with Crippen LogP contribution in [0.2, 0.25) is 5.02 Å². The fourth-order valence-electron chi connectivity index (χ4n) is 2.17. The van der Waals surface area contributed by atoms with Gasteiger partial charge in [0, 0.05) is 26.1 Å². The number of halogens is 1. The van der Waals surface area contributed by atoms with E-state index in [0.717, 1.165) is 0 Å². The lowest BCUT2D eigenvalue weighted by Crippen LogP contribution is -2.43. The van der Waals surface area contributed by atoms with Gasteiger partial charge in [-0.2, -0.15) is 0 Å². The van der Waals surface area contributed by atoms with Crippen molar-refractivity contribution in [2.45, 2.75) is 18.9 Å². The highest BCUT2D eigenvalue weighted by Gasteiger charge is 2.26. The number of carbonyl (C=O) groups excluding carboxylic acids is 1. The van der Waals surface area contributed by atoms with Crippen LogP contribution in [0.15, 0.2) is 18.2 Å². The number of benzene rings is 1. The minimum atomic E-state index is -0.498. The van der Waals surface area contributed by atoms with Crippen LogP contribution in [0.5, 0.6) is 0 Å². The zero-order valence-corrected chi connectivity index (χ0v) is 11.2. The summed E-state index contributed by atoms with van der Waals surface area (Å²) in [6.45, 7) is 0.530. The Morgan fingerprint density at radius 3 is 2.89 bits per heavy atom. The van der Waals surface area contributed by atoms with E-state index < -0.39 is 4.92 Å². The number of likely N-dealkylation sites (tertiary alicyclic amines) is 1. The number of hydrogen-bond acceptors (Lipinski definition) is 4. The van der Waals surface area contributed by atoms with Crippen LogP contribution in [0.4, 0.5) is 11.4 Å². The zero-order chi connectivity index (χ0) is 14.0. The molecule has 0 spiro atoms. The molecule has 1 amide bonds.